The molecule has 0 bridgehead atoms. The Balaban J connectivity index is 3.27. The molecule has 0 N–H and O–H groups in total. The molecule has 0 spiro atoms. The normalized spacial score (nSPS) is 29.8. The van der Waals surface area contributed by atoms with Crippen LogP contribution < -0.4 is 0 Å². The number of alkyl halides is 2. The van der Waals surface area contributed by atoms with E-state index in [0.717, 1.165) is 6.42 Å². The Kier molecular flexibility index (Phi) is 4.77. The molecule has 7 heteroatoms. The molecule has 0 aromatic heterocycles. The summed E-state index contributed by atoms with van der Waals surface area (Å²) in [4.78, 5) is 24.3. The summed E-state index contributed by atoms with van der Waals surface area (Å²) >= 11 is 12.2. The van der Waals surface area contributed by atoms with E-state index in [0.29, 0.717) is 6.42 Å². The zero-order chi connectivity index (χ0) is 15.1. The molecule has 0 heterocycles. The fourth-order valence-corrected chi connectivity index (χ4v) is 4.66. The van der Waals surface area contributed by atoms with E-state index in [1.54, 1.807) is 0 Å². The molecule has 1 saturated carbocycles. The Morgan fingerprint density at radius 2 is 1.89 bits per heavy atom. The van der Waals surface area contributed by atoms with E-state index in [-0.39, 0.29) is 5.78 Å². The number of halogens is 2. The van der Waals surface area contributed by atoms with Crippen molar-refractivity contribution in [3.8, 4) is 0 Å². The summed E-state index contributed by atoms with van der Waals surface area (Å²) < 4.78 is 8.88. The van der Waals surface area contributed by atoms with Crippen molar-refractivity contribution in [1.82, 2.24) is 0 Å². The molecule has 0 unspecified atom stereocenters. The minimum Gasteiger partial charge on any atom is -0.467 e. The number of methoxy groups -OCH3 is 1. The molecule has 2 atom stereocenters. The van der Waals surface area contributed by atoms with Gasteiger partial charge in [-0.15, -0.1) is 0 Å². The van der Waals surface area contributed by atoms with E-state index in [2.05, 4.69) is 0 Å². The number of hydrogen-bond donors (Lipinski definition) is 0. The monoisotopic (exact) mass is 326 g/mol. The Labute approximate surface area is 124 Å². The van der Waals surface area contributed by atoms with Crippen molar-refractivity contribution in [1.29, 1.82) is 0 Å². The third kappa shape index (κ3) is 2.58. The second kappa shape index (κ2) is 5.35. The number of carbonyl (C=O) groups is 2. The van der Waals surface area contributed by atoms with E-state index in [9.17, 15) is 9.59 Å². The average Bonchev–Trinajstić information content (AvgIpc) is 2.30. The van der Waals surface area contributed by atoms with Crippen LogP contribution in [-0.2, 0) is 18.8 Å². The van der Waals surface area contributed by atoms with Crippen LogP contribution in [0.15, 0.2) is 0 Å². The van der Waals surface area contributed by atoms with Crippen LogP contribution in [0.5, 0.6) is 0 Å². The highest BCUT2D eigenvalue weighted by molar-refractivity contribution is 6.71. The van der Waals surface area contributed by atoms with Gasteiger partial charge in [0.25, 0.3) is 0 Å². The number of Topliss-reactive ketones (excluding diaryl/α,β-unsaturated/α-hetero) is 1. The van der Waals surface area contributed by atoms with Crippen LogP contribution in [0.3, 0.4) is 0 Å². The van der Waals surface area contributed by atoms with Gasteiger partial charge in [0.1, 0.15) is 0 Å². The lowest BCUT2D eigenvalue weighted by Crippen LogP contribution is -2.77. The Bertz CT molecular complexity index is 392. The lowest BCUT2D eigenvalue weighted by molar-refractivity contribution is -0.186. The number of esters is 1. The summed E-state index contributed by atoms with van der Waals surface area (Å²) in [5.74, 6) is -1.66. The summed E-state index contributed by atoms with van der Waals surface area (Å²) in [6, 6.07) is 0. The minimum atomic E-state index is -2.15. The van der Waals surface area contributed by atoms with Gasteiger partial charge in [-0.2, -0.15) is 0 Å². The first kappa shape index (κ1) is 16.9. The maximum Gasteiger partial charge on any atom is 0.341 e. The number of hydrogen-bond acceptors (Lipinski definition) is 4. The molecule has 1 rings (SSSR count). The molecule has 0 aromatic carbocycles. The first-order valence-electron chi connectivity index (χ1n) is 6.25. The lowest BCUT2D eigenvalue weighted by Gasteiger charge is -2.55. The second-order valence-corrected chi connectivity index (χ2v) is 11.5. The van der Waals surface area contributed by atoms with Crippen molar-refractivity contribution in [2.24, 2.45) is 5.92 Å². The lowest BCUT2D eigenvalue weighted by atomic mass is 9.65. The number of rotatable bonds is 5. The van der Waals surface area contributed by atoms with Crippen LogP contribution in [0, 0.1) is 5.92 Å². The van der Waals surface area contributed by atoms with E-state index in [1.807, 2.05) is 26.6 Å². The first-order valence-corrected chi connectivity index (χ1v) is 10.4. The second-order valence-electron chi connectivity index (χ2n) is 5.72. The maximum absolute atomic E-state index is 12.2. The van der Waals surface area contributed by atoms with Gasteiger partial charge in [-0.1, -0.05) is 36.5 Å². The van der Waals surface area contributed by atoms with Crippen molar-refractivity contribution in [2.45, 2.75) is 49.3 Å². The van der Waals surface area contributed by atoms with Crippen LogP contribution >= 0.6 is 23.2 Å². The van der Waals surface area contributed by atoms with Crippen LogP contribution in [0.25, 0.3) is 0 Å². The quantitative estimate of drug-likeness (QED) is 0.443. The third-order valence-corrected chi connectivity index (χ3v) is 4.98. The molecule has 0 saturated heterocycles. The molecule has 0 aromatic rings. The van der Waals surface area contributed by atoms with E-state index in [4.69, 9.17) is 32.4 Å². The summed E-state index contributed by atoms with van der Waals surface area (Å²) in [5, 5.41) is 0. The van der Waals surface area contributed by atoms with E-state index < -0.39 is 30.1 Å². The topological polar surface area (TPSA) is 52.6 Å². The third-order valence-electron chi connectivity index (χ3n) is 3.12. The highest BCUT2D eigenvalue weighted by Crippen LogP contribution is 2.57. The smallest absolute Gasteiger partial charge is 0.341 e. The molecule has 1 aliphatic rings. The van der Waals surface area contributed by atoms with Gasteiger partial charge in [-0.05, 0) is 26.1 Å². The number of ether oxygens (including phenoxy) is 1. The highest BCUT2D eigenvalue weighted by atomic mass is 35.5. The van der Waals surface area contributed by atoms with Gasteiger partial charge >= 0.3 is 5.97 Å². The zero-order valence-corrected chi connectivity index (χ0v) is 14.4. The molecule has 1 aliphatic carbocycles. The fourth-order valence-electron chi connectivity index (χ4n) is 2.43. The van der Waals surface area contributed by atoms with Gasteiger partial charge < -0.3 is 9.16 Å². The summed E-state index contributed by atoms with van der Waals surface area (Å²) in [6.07, 6.45) is 1.23. The van der Waals surface area contributed by atoms with Gasteiger partial charge in [0.05, 0.1) is 13.0 Å². The minimum absolute atomic E-state index is 0.360. The highest BCUT2D eigenvalue weighted by Gasteiger charge is 2.77. The molecule has 0 amide bonds. The molecular weight excluding hydrogens is 307 g/mol. The molecule has 4 nitrogen and oxygen atoms in total. The first-order chi connectivity index (χ1) is 8.54. The molecule has 0 radical (unpaired) electrons. The predicted octanol–water partition coefficient (Wildman–Crippen LogP) is 2.92. The average molecular weight is 327 g/mol. The van der Waals surface area contributed by atoms with Crippen LogP contribution in [0.1, 0.15) is 19.8 Å². The molecule has 110 valence electrons. The molecular formula is C12H20Cl2O4Si. The fraction of sp³-hybridized carbons (Fsp3) is 0.833. The number of carbonyl (C=O) groups excluding carboxylic acids is 2. The molecule has 0 aliphatic heterocycles. The van der Waals surface area contributed by atoms with E-state index in [1.165, 1.54) is 7.11 Å². The van der Waals surface area contributed by atoms with Gasteiger partial charge in [0, 0.05) is 0 Å². The SMILES string of the molecule is CCC[C@@H]1C(=O)C(Cl)(Cl)[C@@]1(O[Si](C)(C)C)C(=O)OC. The number of ketones is 1. The van der Waals surface area contributed by atoms with Crippen molar-refractivity contribution in [2.75, 3.05) is 7.11 Å². The predicted molar refractivity (Wildman–Crippen MR) is 77.0 cm³/mol. The summed E-state index contributed by atoms with van der Waals surface area (Å²) in [5.41, 5.74) is -1.57. The van der Waals surface area contributed by atoms with E-state index >= 15 is 0 Å². The van der Waals surface area contributed by atoms with Gasteiger partial charge in [0.15, 0.2) is 14.1 Å². The Morgan fingerprint density at radius 3 is 2.26 bits per heavy atom. The van der Waals surface area contributed by atoms with Crippen molar-refractivity contribution >= 4 is 43.3 Å². The molecule has 1 fully saturated rings. The summed E-state index contributed by atoms with van der Waals surface area (Å²) in [7, 11) is -0.909. The zero-order valence-electron chi connectivity index (χ0n) is 11.9. The van der Waals surface area contributed by atoms with Crippen molar-refractivity contribution < 1.29 is 18.8 Å². The standard InChI is InChI=1S/C12H20Cl2O4Si/c1-6-7-8-9(15)12(13,14)11(8,10(16)17-2)18-19(3,4)5/h8H,6-7H2,1-5H3/t8-,11+/m1/s1. The van der Waals surface area contributed by atoms with Crippen molar-refractivity contribution in [3.05, 3.63) is 0 Å². The van der Waals surface area contributed by atoms with Gasteiger partial charge in [-0.25, -0.2) is 4.79 Å². The Hall–Kier alpha value is -0.103. The molecule has 19 heavy (non-hydrogen) atoms. The largest absolute Gasteiger partial charge is 0.467 e. The maximum atomic E-state index is 12.2. The van der Waals surface area contributed by atoms with Crippen molar-refractivity contribution in [3.63, 3.8) is 0 Å². The van der Waals surface area contributed by atoms with Crippen LogP contribution in [0.4, 0.5) is 0 Å². The van der Waals surface area contributed by atoms with Gasteiger partial charge in [0.2, 0.25) is 9.93 Å². The van der Waals surface area contributed by atoms with Crippen LogP contribution in [0.2, 0.25) is 19.6 Å². The Morgan fingerprint density at radius 1 is 1.37 bits per heavy atom. The van der Waals surface area contributed by atoms with Gasteiger partial charge in [-0.3, -0.25) is 4.79 Å². The summed E-state index contributed by atoms with van der Waals surface area (Å²) in [6.45, 7) is 7.65. The van der Waals surface area contributed by atoms with Crippen LogP contribution in [-0.4, -0.2) is 37.1 Å².